The van der Waals surface area contributed by atoms with Gasteiger partial charge in [0.15, 0.2) is 0 Å². The maximum atomic E-state index is 12.5. The number of nitrogens with zero attached hydrogens (tertiary/aromatic N) is 4. The Balaban J connectivity index is 1.41. The van der Waals surface area contributed by atoms with Crippen molar-refractivity contribution in [2.45, 2.75) is 110 Å². The number of amides is 1. The number of unbranched alkanes of at least 4 members (excludes halogenated alkanes) is 12. The molecule has 1 amide bonds. The second kappa shape index (κ2) is 19.6. The molecule has 2 rings (SSSR count). The van der Waals surface area contributed by atoms with Crippen molar-refractivity contribution in [3.63, 3.8) is 0 Å². The molecule has 2 heterocycles. The normalized spacial score (nSPS) is 14.8. The summed E-state index contributed by atoms with van der Waals surface area (Å²) in [5, 5.41) is 12.4. The van der Waals surface area contributed by atoms with Gasteiger partial charge in [-0.05, 0) is 38.3 Å². The molecule has 0 saturated carbocycles. The fourth-order valence-corrected chi connectivity index (χ4v) is 4.97. The summed E-state index contributed by atoms with van der Waals surface area (Å²) in [5.41, 5.74) is 0.635. The lowest BCUT2D eigenvalue weighted by atomic mass is 10.0. The van der Waals surface area contributed by atoms with Crippen molar-refractivity contribution in [2.75, 3.05) is 44.2 Å². The molecule has 1 aromatic rings. The van der Waals surface area contributed by atoms with E-state index in [1.54, 1.807) is 6.20 Å². The molecule has 0 spiro atoms. The monoisotopic (exact) mass is 533 g/mol. The number of carbonyl (C=O) groups is 1. The lowest BCUT2D eigenvalue weighted by Gasteiger charge is -2.38. The number of carbonyl (C=O) groups excluding carboxylic acids is 1. The summed E-state index contributed by atoms with van der Waals surface area (Å²) in [6.45, 7) is 9.57. The molecule has 1 aliphatic heterocycles. The molecular formula is C29H51N5O4. The summed E-state index contributed by atoms with van der Waals surface area (Å²) in [4.78, 5) is 36.2. The fraction of sp³-hybridized carbons (Fsp3) is 0.793. The first-order valence-electron chi connectivity index (χ1n) is 15.0. The van der Waals surface area contributed by atoms with Gasteiger partial charge in [0.25, 0.3) is 11.0 Å². The molecule has 9 heteroatoms. The maximum Gasteiger partial charge on any atom is 0.294 e. The molecule has 1 atom stereocenters. The number of piperazine rings is 1. The topological polar surface area (TPSA) is 101 Å². The van der Waals surface area contributed by atoms with Crippen LogP contribution < -0.4 is 10.2 Å². The van der Waals surface area contributed by atoms with Gasteiger partial charge in [0, 0.05) is 45.0 Å². The number of pyridine rings is 1. The number of hydrogen-bond donors (Lipinski definition) is 1. The maximum absolute atomic E-state index is 12.5. The van der Waals surface area contributed by atoms with E-state index < -0.39 is 5.09 Å². The van der Waals surface area contributed by atoms with Crippen LogP contribution in [-0.4, -0.2) is 66.3 Å². The second-order valence-corrected chi connectivity index (χ2v) is 10.6. The third kappa shape index (κ3) is 13.4. The van der Waals surface area contributed by atoms with E-state index in [-0.39, 0.29) is 12.5 Å². The summed E-state index contributed by atoms with van der Waals surface area (Å²) in [6.07, 6.45) is 18.1. The minimum atomic E-state index is -0.715. The quantitative estimate of drug-likeness (QED) is 0.117. The molecule has 1 fully saturated rings. The van der Waals surface area contributed by atoms with Crippen LogP contribution in [0.1, 0.15) is 114 Å². The van der Waals surface area contributed by atoms with Gasteiger partial charge in [-0.2, -0.15) is 0 Å². The Morgan fingerprint density at radius 2 is 1.50 bits per heavy atom. The predicted octanol–water partition coefficient (Wildman–Crippen LogP) is 6.01. The summed E-state index contributed by atoms with van der Waals surface area (Å²) in [7, 11) is 0. The van der Waals surface area contributed by atoms with Gasteiger partial charge in [0.1, 0.15) is 5.82 Å². The number of nitrogens with one attached hydrogen (secondary N) is 1. The first kappa shape index (κ1) is 31.8. The standard InChI is InChI=1S/C29H51N5O4/c1-3-26(2)32-20-22-33(23-21-32)28-18-17-27(25-31-28)29(35)30-19-15-13-11-9-7-5-4-6-8-10-12-14-16-24-38-34(36)37/h17-18,25-26H,3-16,19-24H2,1-2H3,(H,30,35). The predicted molar refractivity (Wildman–Crippen MR) is 153 cm³/mol. The first-order chi connectivity index (χ1) is 18.5. The zero-order valence-electron chi connectivity index (χ0n) is 23.9. The lowest BCUT2D eigenvalue weighted by Crippen LogP contribution is -2.49. The van der Waals surface area contributed by atoms with Crippen molar-refractivity contribution in [1.29, 1.82) is 0 Å². The number of rotatable bonds is 21. The Hall–Kier alpha value is -2.42. The second-order valence-electron chi connectivity index (χ2n) is 10.6. The molecular weight excluding hydrogens is 482 g/mol. The van der Waals surface area contributed by atoms with Crippen molar-refractivity contribution in [3.05, 3.63) is 34.0 Å². The van der Waals surface area contributed by atoms with E-state index in [4.69, 9.17) is 0 Å². The summed E-state index contributed by atoms with van der Waals surface area (Å²) < 4.78 is 0. The van der Waals surface area contributed by atoms with Crippen LogP contribution in [0.15, 0.2) is 18.3 Å². The van der Waals surface area contributed by atoms with Crippen molar-refractivity contribution >= 4 is 11.7 Å². The van der Waals surface area contributed by atoms with Crippen LogP contribution >= 0.6 is 0 Å². The molecule has 1 saturated heterocycles. The molecule has 38 heavy (non-hydrogen) atoms. The molecule has 1 N–H and O–H groups in total. The fourth-order valence-electron chi connectivity index (χ4n) is 4.97. The first-order valence-corrected chi connectivity index (χ1v) is 15.0. The number of aromatic nitrogens is 1. The Labute approximate surface area is 229 Å². The van der Waals surface area contributed by atoms with Gasteiger partial charge in [-0.3, -0.25) is 9.69 Å². The third-order valence-electron chi connectivity index (χ3n) is 7.67. The van der Waals surface area contributed by atoms with Crippen molar-refractivity contribution in [2.24, 2.45) is 0 Å². The van der Waals surface area contributed by atoms with Crippen LogP contribution in [0.5, 0.6) is 0 Å². The Kier molecular flexibility index (Phi) is 16.4. The highest BCUT2D eigenvalue weighted by atomic mass is 16.9. The SMILES string of the molecule is CCC(C)N1CCN(c2ccc(C(=O)NCCCCCCCCCCCCCCCO[N+](=O)[O-])cn2)CC1. The largest absolute Gasteiger partial charge is 0.354 e. The van der Waals surface area contributed by atoms with Crippen LogP contribution in [0.2, 0.25) is 0 Å². The average molecular weight is 534 g/mol. The number of hydrogen-bond acceptors (Lipinski definition) is 7. The van der Waals surface area contributed by atoms with Crippen LogP contribution in [-0.2, 0) is 4.84 Å². The van der Waals surface area contributed by atoms with Crippen LogP contribution in [0.25, 0.3) is 0 Å². The summed E-state index contributed by atoms with van der Waals surface area (Å²) >= 11 is 0. The molecule has 9 nitrogen and oxygen atoms in total. The average Bonchev–Trinajstić information content (AvgIpc) is 2.94. The molecule has 0 bridgehead atoms. The van der Waals surface area contributed by atoms with Gasteiger partial charge in [-0.1, -0.05) is 77.6 Å². The van der Waals surface area contributed by atoms with E-state index in [0.29, 0.717) is 11.6 Å². The van der Waals surface area contributed by atoms with Gasteiger partial charge < -0.3 is 15.1 Å². The van der Waals surface area contributed by atoms with Gasteiger partial charge in [0.05, 0.1) is 12.2 Å². The van der Waals surface area contributed by atoms with E-state index in [1.807, 2.05) is 12.1 Å². The van der Waals surface area contributed by atoms with Crippen molar-refractivity contribution < 1.29 is 14.7 Å². The Morgan fingerprint density at radius 1 is 0.947 bits per heavy atom. The Morgan fingerprint density at radius 3 is 2.00 bits per heavy atom. The van der Waals surface area contributed by atoms with Gasteiger partial charge >= 0.3 is 0 Å². The minimum Gasteiger partial charge on any atom is -0.354 e. The molecule has 0 aromatic carbocycles. The van der Waals surface area contributed by atoms with Crippen LogP contribution in [0, 0.1) is 10.1 Å². The molecule has 1 aromatic heterocycles. The molecule has 0 radical (unpaired) electrons. The minimum absolute atomic E-state index is 0.0319. The van der Waals surface area contributed by atoms with E-state index >= 15 is 0 Å². The molecule has 1 aliphatic rings. The van der Waals surface area contributed by atoms with E-state index in [2.05, 4.69) is 38.8 Å². The lowest BCUT2D eigenvalue weighted by molar-refractivity contribution is -0.757. The van der Waals surface area contributed by atoms with Crippen molar-refractivity contribution in [1.82, 2.24) is 15.2 Å². The van der Waals surface area contributed by atoms with E-state index in [0.717, 1.165) is 70.6 Å². The van der Waals surface area contributed by atoms with Crippen LogP contribution in [0.4, 0.5) is 5.82 Å². The van der Waals surface area contributed by atoms with Gasteiger partial charge in [-0.15, -0.1) is 10.1 Å². The van der Waals surface area contributed by atoms with Gasteiger partial charge in [0.2, 0.25) is 0 Å². The van der Waals surface area contributed by atoms with Crippen molar-refractivity contribution in [3.8, 4) is 0 Å². The summed E-state index contributed by atoms with van der Waals surface area (Å²) in [5.74, 6) is 0.929. The zero-order chi connectivity index (χ0) is 27.4. The van der Waals surface area contributed by atoms with E-state index in [9.17, 15) is 14.9 Å². The highest BCUT2D eigenvalue weighted by molar-refractivity contribution is 5.94. The summed E-state index contributed by atoms with van der Waals surface area (Å²) in [6, 6.07) is 4.51. The third-order valence-corrected chi connectivity index (χ3v) is 7.67. The zero-order valence-corrected chi connectivity index (χ0v) is 23.9. The van der Waals surface area contributed by atoms with Crippen LogP contribution in [0.3, 0.4) is 0 Å². The Bertz CT molecular complexity index is 769. The number of anilines is 1. The smallest absolute Gasteiger partial charge is 0.294 e. The van der Waals surface area contributed by atoms with E-state index in [1.165, 1.54) is 57.8 Å². The highest BCUT2D eigenvalue weighted by Gasteiger charge is 2.21. The highest BCUT2D eigenvalue weighted by Crippen LogP contribution is 2.16. The molecule has 216 valence electrons. The molecule has 1 unspecified atom stereocenters. The molecule has 0 aliphatic carbocycles. The van der Waals surface area contributed by atoms with Gasteiger partial charge in [-0.25, -0.2) is 4.98 Å².